The molecule has 3 rings (SSSR count). The van der Waals surface area contributed by atoms with E-state index in [1.54, 1.807) is 11.3 Å². The molecule has 19 heavy (non-hydrogen) atoms. The third kappa shape index (κ3) is 2.60. The van der Waals surface area contributed by atoms with Gasteiger partial charge in [-0.05, 0) is 46.1 Å². The second-order valence-electron chi connectivity index (χ2n) is 3.87. The first-order valence-electron chi connectivity index (χ1n) is 5.45. The summed E-state index contributed by atoms with van der Waals surface area (Å²) in [5, 5.41) is 10.3. The summed E-state index contributed by atoms with van der Waals surface area (Å²) in [6.45, 7) is 0.469. The smallest absolute Gasteiger partial charge is 0.264 e. The number of fused-ring (bicyclic) bond motifs is 1. The molecular weight excluding hydrogens is 302 g/mol. The van der Waals surface area contributed by atoms with Crippen LogP contribution in [0.25, 0.3) is 10.1 Å². The molecule has 2 heterocycles. The number of amides is 1. The van der Waals surface area contributed by atoms with E-state index in [2.05, 4.69) is 14.9 Å². The van der Waals surface area contributed by atoms with E-state index < -0.39 is 0 Å². The van der Waals surface area contributed by atoms with E-state index in [4.69, 9.17) is 11.6 Å². The maximum atomic E-state index is 11.8. The number of carbonyl (C=O) groups excluding carboxylic acids is 1. The van der Waals surface area contributed by atoms with Crippen LogP contribution in [-0.4, -0.2) is 15.5 Å². The van der Waals surface area contributed by atoms with Gasteiger partial charge in [-0.25, -0.2) is 0 Å². The van der Waals surface area contributed by atoms with Gasteiger partial charge >= 0.3 is 0 Å². The Morgan fingerprint density at radius 2 is 2.32 bits per heavy atom. The molecule has 0 aliphatic carbocycles. The molecule has 0 aliphatic heterocycles. The van der Waals surface area contributed by atoms with Crippen molar-refractivity contribution in [2.24, 2.45) is 0 Å². The molecule has 1 amide bonds. The molecule has 1 aromatic carbocycles. The Kier molecular flexibility index (Phi) is 3.46. The van der Waals surface area contributed by atoms with E-state index in [1.165, 1.54) is 6.20 Å². The maximum Gasteiger partial charge on any atom is 0.264 e. The number of halogens is 1. The van der Waals surface area contributed by atoms with Gasteiger partial charge in [-0.15, -0.1) is 16.4 Å². The molecule has 2 aromatic heterocycles. The molecule has 0 saturated carbocycles. The fourth-order valence-corrected chi connectivity index (χ4v) is 3.27. The predicted octanol–water partition coefficient (Wildman–Crippen LogP) is 3.34. The molecule has 0 fully saturated rings. The Balaban J connectivity index is 1.79. The van der Waals surface area contributed by atoms with Gasteiger partial charge in [0.15, 0.2) is 0 Å². The van der Waals surface area contributed by atoms with Gasteiger partial charge in [0.05, 0.1) is 6.20 Å². The van der Waals surface area contributed by atoms with Gasteiger partial charge in [-0.2, -0.15) is 0 Å². The summed E-state index contributed by atoms with van der Waals surface area (Å²) in [6, 6.07) is 5.77. The first-order chi connectivity index (χ1) is 9.24. The summed E-state index contributed by atoms with van der Waals surface area (Å²) in [4.78, 5) is 12.3. The van der Waals surface area contributed by atoms with Crippen LogP contribution in [-0.2, 0) is 6.54 Å². The Labute approximate surface area is 122 Å². The molecule has 0 saturated heterocycles. The second-order valence-corrected chi connectivity index (χ2v) is 6.00. The molecule has 96 valence electrons. The number of nitrogens with one attached hydrogen (secondary N) is 1. The summed E-state index contributed by atoms with van der Waals surface area (Å²) in [6.07, 6.45) is 1.46. The molecule has 0 bridgehead atoms. The minimum Gasteiger partial charge on any atom is -0.347 e. The molecule has 1 N–H and O–H groups in total. The van der Waals surface area contributed by atoms with Gasteiger partial charge in [0.2, 0.25) is 0 Å². The molecule has 0 radical (unpaired) electrons. The predicted molar refractivity (Wildman–Crippen MR) is 77.9 cm³/mol. The topological polar surface area (TPSA) is 54.9 Å². The maximum absolute atomic E-state index is 11.8. The highest BCUT2D eigenvalue weighted by molar-refractivity contribution is 7.17. The number of benzene rings is 1. The van der Waals surface area contributed by atoms with E-state index in [0.717, 1.165) is 27.2 Å². The van der Waals surface area contributed by atoms with Crippen molar-refractivity contribution >= 4 is 50.5 Å². The van der Waals surface area contributed by atoms with Gasteiger partial charge in [-0.1, -0.05) is 16.1 Å². The lowest BCUT2D eigenvalue weighted by atomic mass is 10.2. The number of thiophene rings is 1. The number of nitrogens with zero attached hydrogens (tertiary/aromatic N) is 2. The van der Waals surface area contributed by atoms with E-state index in [0.29, 0.717) is 16.4 Å². The van der Waals surface area contributed by atoms with Crippen LogP contribution in [0.2, 0.25) is 5.02 Å². The highest BCUT2D eigenvalue weighted by atomic mass is 35.5. The van der Waals surface area contributed by atoms with Crippen molar-refractivity contribution in [1.29, 1.82) is 0 Å². The Morgan fingerprint density at radius 3 is 3.11 bits per heavy atom. The van der Waals surface area contributed by atoms with E-state index in [9.17, 15) is 4.79 Å². The number of aromatic nitrogens is 2. The first-order valence-corrected chi connectivity index (χ1v) is 7.48. The second kappa shape index (κ2) is 5.24. The molecule has 4 nitrogen and oxygen atoms in total. The monoisotopic (exact) mass is 309 g/mol. The fourth-order valence-electron chi connectivity index (χ4n) is 1.72. The Morgan fingerprint density at radius 1 is 1.42 bits per heavy atom. The van der Waals surface area contributed by atoms with Gasteiger partial charge < -0.3 is 5.32 Å². The third-order valence-corrected chi connectivity index (χ3v) is 4.55. The summed E-state index contributed by atoms with van der Waals surface area (Å²) in [7, 11) is 0. The van der Waals surface area contributed by atoms with Crippen molar-refractivity contribution in [3.63, 3.8) is 0 Å². The first kappa shape index (κ1) is 12.5. The highest BCUT2D eigenvalue weighted by Crippen LogP contribution is 2.28. The number of rotatable bonds is 3. The van der Waals surface area contributed by atoms with Gasteiger partial charge in [0, 0.05) is 16.3 Å². The molecule has 0 spiro atoms. The molecule has 0 atom stereocenters. The highest BCUT2D eigenvalue weighted by Gasteiger charge is 2.10. The van der Waals surface area contributed by atoms with Crippen LogP contribution in [0.15, 0.2) is 29.8 Å². The summed E-state index contributed by atoms with van der Waals surface area (Å²) in [5.74, 6) is -0.156. The lowest BCUT2D eigenvalue weighted by Gasteiger charge is -2.02. The molecule has 7 heteroatoms. The van der Waals surface area contributed by atoms with Crippen LogP contribution in [0.4, 0.5) is 0 Å². The number of carbonyl (C=O) groups is 1. The van der Waals surface area contributed by atoms with Crippen LogP contribution >= 0.6 is 34.5 Å². The Hall–Kier alpha value is -1.50. The van der Waals surface area contributed by atoms with Crippen LogP contribution in [0, 0.1) is 0 Å². The lowest BCUT2D eigenvalue weighted by molar-refractivity contribution is 0.0955. The largest absolute Gasteiger partial charge is 0.347 e. The van der Waals surface area contributed by atoms with Crippen molar-refractivity contribution in [3.8, 4) is 0 Å². The number of hydrogen-bond donors (Lipinski definition) is 1. The zero-order chi connectivity index (χ0) is 13.2. The average Bonchev–Trinajstić information content (AvgIpc) is 3.05. The van der Waals surface area contributed by atoms with Crippen molar-refractivity contribution in [3.05, 3.63) is 45.2 Å². The molecule has 0 unspecified atom stereocenters. The summed E-state index contributed by atoms with van der Waals surface area (Å²) >= 11 is 8.72. The van der Waals surface area contributed by atoms with Crippen molar-refractivity contribution in [2.75, 3.05) is 0 Å². The standard InChI is InChI=1S/C12H8ClN3OS2/c13-8-1-2-10-9(3-8)7(6-18-10)4-14-12(17)11-5-15-16-19-11/h1-3,5-6H,4H2,(H,14,17). The average molecular weight is 310 g/mol. The van der Waals surface area contributed by atoms with Crippen molar-refractivity contribution in [2.45, 2.75) is 6.54 Å². The van der Waals surface area contributed by atoms with Crippen LogP contribution in [0.3, 0.4) is 0 Å². The zero-order valence-corrected chi connectivity index (χ0v) is 12.0. The van der Waals surface area contributed by atoms with Gasteiger partial charge in [-0.3, -0.25) is 4.79 Å². The Bertz CT molecular complexity index is 724. The zero-order valence-electron chi connectivity index (χ0n) is 9.59. The van der Waals surface area contributed by atoms with E-state index >= 15 is 0 Å². The summed E-state index contributed by atoms with van der Waals surface area (Å²) < 4.78 is 4.83. The van der Waals surface area contributed by atoms with Crippen LogP contribution < -0.4 is 5.32 Å². The molecular formula is C12H8ClN3OS2. The molecule has 3 aromatic rings. The fraction of sp³-hybridized carbons (Fsp3) is 0.0833. The molecule has 0 aliphatic rings. The minimum absolute atomic E-state index is 0.156. The van der Waals surface area contributed by atoms with Crippen molar-refractivity contribution in [1.82, 2.24) is 14.9 Å². The van der Waals surface area contributed by atoms with Crippen LogP contribution in [0.5, 0.6) is 0 Å². The SMILES string of the molecule is O=C(NCc1csc2ccc(Cl)cc12)c1cnns1. The van der Waals surface area contributed by atoms with Crippen LogP contribution in [0.1, 0.15) is 15.2 Å². The normalized spacial score (nSPS) is 10.8. The minimum atomic E-state index is -0.156. The quantitative estimate of drug-likeness (QED) is 0.807. The van der Waals surface area contributed by atoms with E-state index in [-0.39, 0.29) is 5.91 Å². The summed E-state index contributed by atoms with van der Waals surface area (Å²) in [5.41, 5.74) is 1.06. The van der Waals surface area contributed by atoms with E-state index in [1.807, 2.05) is 23.6 Å². The third-order valence-electron chi connectivity index (χ3n) is 2.64. The lowest BCUT2D eigenvalue weighted by Crippen LogP contribution is -2.21. The van der Waals surface area contributed by atoms with Crippen molar-refractivity contribution < 1.29 is 4.79 Å². The van der Waals surface area contributed by atoms with Gasteiger partial charge in [0.25, 0.3) is 5.91 Å². The number of hydrogen-bond acceptors (Lipinski definition) is 5. The van der Waals surface area contributed by atoms with Gasteiger partial charge in [0.1, 0.15) is 4.88 Å².